The smallest absolute Gasteiger partial charge is 0.0672 e. The third-order valence-electron chi connectivity index (χ3n) is 18.8. The second kappa shape index (κ2) is 15.7. The third kappa shape index (κ3) is 6.48. The zero-order valence-corrected chi connectivity index (χ0v) is 33.2. The number of hydrogen-bond acceptors (Lipinski definition) is 5. The summed E-state index contributed by atoms with van der Waals surface area (Å²) in [5.41, 5.74) is 0. The Morgan fingerprint density at radius 3 is 1.17 bits per heavy atom. The number of hydrogen-bond donors (Lipinski definition) is 2. The molecule has 0 amide bonds. The van der Waals surface area contributed by atoms with Crippen molar-refractivity contribution in [2.45, 2.75) is 241 Å². The van der Waals surface area contributed by atoms with Gasteiger partial charge in [0.15, 0.2) is 0 Å². The normalized spacial score (nSPS) is 49.7. The van der Waals surface area contributed by atoms with Crippen LogP contribution in [-0.2, 0) is 0 Å². The Morgan fingerprint density at radius 2 is 0.750 bits per heavy atom. The maximum atomic E-state index is 11.3. The summed E-state index contributed by atoms with van der Waals surface area (Å²) in [5.74, 6) is 6.18. The minimum atomic E-state index is 0.184. The van der Waals surface area contributed by atoms with Gasteiger partial charge in [-0.25, -0.2) is 0 Å². The Kier molecular flexibility index (Phi) is 10.8. The summed E-state index contributed by atoms with van der Waals surface area (Å²) in [5, 5.41) is 20.4. The van der Waals surface area contributed by atoms with Crippen LogP contribution in [0.25, 0.3) is 0 Å². The van der Waals surface area contributed by atoms with E-state index in [9.17, 15) is 5.26 Å². The summed E-state index contributed by atoms with van der Waals surface area (Å²) in [7, 11) is 0. The number of nitriles is 1. The van der Waals surface area contributed by atoms with Crippen LogP contribution < -0.4 is 10.6 Å². The van der Waals surface area contributed by atoms with Crippen molar-refractivity contribution in [2.24, 2.45) is 47.3 Å². The molecule has 52 heavy (non-hydrogen) atoms. The topological polar surface area (TPSA) is 54.3 Å². The summed E-state index contributed by atoms with van der Waals surface area (Å²) in [6.45, 7) is 0. The van der Waals surface area contributed by atoms with E-state index in [0.29, 0.717) is 36.3 Å². The Labute approximate surface area is 318 Å². The highest BCUT2D eigenvalue weighted by atomic mass is 15.3. The van der Waals surface area contributed by atoms with Gasteiger partial charge in [-0.15, -0.1) is 0 Å². The van der Waals surface area contributed by atoms with Crippen molar-refractivity contribution in [3.63, 3.8) is 0 Å². The van der Waals surface area contributed by atoms with E-state index in [1.54, 1.807) is 0 Å². The van der Waals surface area contributed by atoms with Gasteiger partial charge in [0.2, 0.25) is 0 Å². The van der Waals surface area contributed by atoms with Crippen molar-refractivity contribution in [2.75, 3.05) is 0 Å². The molecule has 14 unspecified atom stereocenters. The zero-order chi connectivity index (χ0) is 34.6. The Morgan fingerprint density at radius 1 is 0.365 bits per heavy atom. The lowest BCUT2D eigenvalue weighted by atomic mass is 9.69. The van der Waals surface area contributed by atoms with Gasteiger partial charge in [0.25, 0.3) is 0 Å². The van der Waals surface area contributed by atoms with Crippen LogP contribution in [0.3, 0.4) is 0 Å². The maximum absolute atomic E-state index is 11.3. The highest BCUT2D eigenvalue weighted by molar-refractivity contribution is 5.15. The Balaban J connectivity index is 1.02. The fourth-order valence-corrected chi connectivity index (χ4v) is 16.8. The fourth-order valence-electron chi connectivity index (χ4n) is 16.8. The average molecular weight is 712 g/mol. The van der Waals surface area contributed by atoms with Crippen LogP contribution in [-0.4, -0.2) is 64.3 Å². The molecule has 0 bridgehead atoms. The van der Waals surface area contributed by atoms with Crippen LogP contribution in [0.4, 0.5) is 0 Å². The number of rotatable bonds is 5. The van der Waals surface area contributed by atoms with E-state index in [1.807, 2.05) is 0 Å². The third-order valence-corrected chi connectivity index (χ3v) is 18.8. The number of nitrogens with one attached hydrogen (secondary N) is 2. The number of nitrogens with zero attached hydrogens (tertiary/aromatic N) is 3. The SMILES string of the molecule is N#CC1CC(C2NC(C3CCCCC3)CC(C3CCCCC3)N2)C(N2C3CCCCC3C3CCCCC32)CC1N1C2CCCCC2C2CCCCC21. The first-order valence-electron chi connectivity index (χ1n) is 24.2. The zero-order valence-electron chi connectivity index (χ0n) is 33.2. The molecule has 14 atom stereocenters. The summed E-state index contributed by atoms with van der Waals surface area (Å²) >= 11 is 0. The molecule has 290 valence electrons. The van der Waals surface area contributed by atoms with Crippen molar-refractivity contribution in [1.29, 1.82) is 5.26 Å². The molecule has 0 spiro atoms. The molecule has 7 saturated carbocycles. The second-order valence-electron chi connectivity index (χ2n) is 21.0. The molecule has 0 aromatic carbocycles. The monoisotopic (exact) mass is 712 g/mol. The summed E-state index contributed by atoms with van der Waals surface area (Å²) in [6, 6.07) is 8.74. The van der Waals surface area contributed by atoms with Crippen LogP contribution in [0.2, 0.25) is 0 Å². The molecule has 3 aliphatic heterocycles. The van der Waals surface area contributed by atoms with E-state index in [1.165, 1.54) is 180 Å². The highest BCUT2D eigenvalue weighted by Gasteiger charge is 2.59. The lowest BCUT2D eigenvalue weighted by Crippen LogP contribution is -2.69. The average Bonchev–Trinajstić information content (AvgIpc) is 3.74. The van der Waals surface area contributed by atoms with Crippen molar-refractivity contribution >= 4 is 0 Å². The van der Waals surface area contributed by atoms with E-state index in [2.05, 4.69) is 26.5 Å². The first-order chi connectivity index (χ1) is 25.8. The Bertz CT molecular complexity index is 1160. The maximum Gasteiger partial charge on any atom is 0.0672 e. The minimum Gasteiger partial charge on any atom is -0.298 e. The van der Waals surface area contributed by atoms with Crippen LogP contribution >= 0.6 is 0 Å². The van der Waals surface area contributed by atoms with E-state index in [-0.39, 0.29) is 5.92 Å². The lowest BCUT2D eigenvalue weighted by Gasteiger charge is -2.56. The van der Waals surface area contributed by atoms with E-state index in [0.717, 1.165) is 66.1 Å². The van der Waals surface area contributed by atoms with Crippen molar-refractivity contribution in [1.82, 2.24) is 20.4 Å². The van der Waals surface area contributed by atoms with Gasteiger partial charge in [-0.2, -0.15) is 5.26 Å². The molecule has 2 N–H and O–H groups in total. The minimum absolute atomic E-state index is 0.184. The molecular weight excluding hydrogens is 635 g/mol. The first-order valence-corrected chi connectivity index (χ1v) is 24.2. The highest BCUT2D eigenvalue weighted by Crippen LogP contribution is 2.56. The van der Waals surface area contributed by atoms with Gasteiger partial charge in [0.05, 0.1) is 18.2 Å². The standard InChI is InChI=1S/C47H77N5/c48-30-33-27-38(47-49-39(31-15-3-1-4-16-31)28-40(50-47)32-17-5-2-6-18-32)46(52-43-25-13-9-21-36(43)37-22-10-14-26-44(37)52)29-45(33)51-41-23-11-7-19-34(41)35-20-8-12-24-42(35)51/h31-47,49-50H,1-29H2. The molecule has 7 aliphatic carbocycles. The molecule has 10 rings (SSSR count). The first kappa shape index (κ1) is 35.7. The molecule has 0 radical (unpaired) electrons. The molecule has 3 saturated heterocycles. The predicted molar refractivity (Wildman–Crippen MR) is 211 cm³/mol. The van der Waals surface area contributed by atoms with Crippen LogP contribution in [0, 0.1) is 58.7 Å². The molecule has 3 heterocycles. The van der Waals surface area contributed by atoms with E-state index in [4.69, 9.17) is 0 Å². The number of fused-ring (bicyclic) bond motifs is 6. The molecular formula is C47H77N5. The van der Waals surface area contributed by atoms with Crippen molar-refractivity contribution in [3.05, 3.63) is 0 Å². The van der Waals surface area contributed by atoms with Crippen molar-refractivity contribution in [3.8, 4) is 6.07 Å². The van der Waals surface area contributed by atoms with Crippen LogP contribution in [0.5, 0.6) is 0 Å². The van der Waals surface area contributed by atoms with E-state index < -0.39 is 0 Å². The lowest BCUT2D eigenvalue weighted by molar-refractivity contribution is -0.0518. The summed E-state index contributed by atoms with van der Waals surface area (Å²) in [4.78, 5) is 6.50. The molecule has 10 fully saturated rings. The summed E-state index contributed by atoms with van der Waals surface area (Å²) in [6.07, 6.45) is 41.9. The van der Waals surface area contributed by atoms with Gasteiger partial charge in [-0.3, -0.25) is 20.4 Å². The summed E-state index contributed by atoms with van der Waals surface area (Å²) < 4.78 is 0. The van der Waals surface area contributed by atoms with Crippen LogP contribution in [0.15, 0.2) is 0 Å². The Hall–Kier alpha value is -0.670. The van der Waals surface area contributed by atoms with Crippen molar-refractivity contribution < 1.29 is 0 Å². The predicted octanol–water partition coefficient (Wildman–Crippen LogP) is 9.95. The molecule has 0 aromatic rings. The largest absolute Gasteiger partial charge is 0.298 e. The molecule has 0 aromatic heterocycles. The van der Waals surface area contributed by atoms with Gasteiger partial charge < -0.3 is 0 Å². The van der Waals surface area contributed by atoms with Gasteiger partial charge in [0.1, 0.15) is 0 Å². The molecule has 10 aliphatic rings. The van der Waals surface area contributed by atoms with Gasteiger partial charge in [-0.1, -0.05) is 89.9 Å². The van der Waals surface area contributed by atoms with E-state index >= 15 is 0 Å². The molecule has 5 heteroatoms. The second-order valence-corrected chi connectivity index (χ2v) is 21.0. The fraction of sp³-hybridized carbons (Fsp3) is 0.979. The number of likely N-dealkylation sites (tertiary alicyclic amines) is 2. The van der Waals surface area contributed by atoms with Gasteiger partial charge >= 0.3 is 0 Å². The van der Waals surface area contributed by atoms with Gasteiger partial charge in [-0.05, 0) is 132 Å². The van der Waals surface area contributed by atoms with Crippen LogP contribution in [0.1, 0.15) is 186 Å². The molecule has 5 nitrogen and oxygen atoms in total. The quantitative estimate of drug-likeness (QED) is 0.298. The van der Waals surface area contributed by atoms with Gasteiger partial charge in [0, 0.05) is 54.3 Å².